The quantitative estimate of drug-likeness (QED) is 0.506. The molecule has 0 radical (unpaired) electrons. The van der Waals surface area contributed by atoms with E-state index >= 15 is 0 Å². The Morgan fingerprint density at radius 3 is 2.42 bits per heavy atom. The van der Waals surface area contributed by atoms with Gasteiger partial charge in [0.05, 0.1) is 0 Å². The number of carbonyl (C=O) groups is 2. The van der Waals surface area contributed by atoms with Crippen LogP contribution >= 0.6 is 0 Å². The van der Waals surface area contributed by atoms with E-state index in [9.17, 15) is 9.59 Å². The summed E-state index contributed by atoms with van der Waals surface area (Å²) in [6, 6.07) is 0. The minimum atomic E-state index is -0.659. The molecule has 0 unspecified atom stereocenters. The standard InChI is InChI=1S/C9H10O3/c1-3-5-7(10)6-9(12)8(11)4-2/h3-6,12H,2H2,1H3/b5-3-,9-6+. The highest BCUT2D eigenvalue weighted by atomic mass is 16.3. The zero-order chi connectivity index (χ0) is 9.56. The van der Waals surface area contributed by atoms with Gasteiger partial charge in [-0.1, -0.05) is 12.7 Å². The zero-order valence-electron chi connectivity index (χ0n) is 6.78. The summed E-state index contributed by atoms with van der Waals surface area (Å²) in [7, 11) is 0. The summed E-state index contributed by atoms with van der Waals surface area (Å²) in [6.45, 7) is 4.82. The number of ketones is 2. The number of hydrogen-bond acceptors (Lipinski definition) is 3. The first kappa shape index (κ1) is 10.4. The van der Waals surface area contributed by atoms with Crippen LogP contribution in [0, 0.1) is 0 Å². The molecule has 0 aromatic carbocycles. The van der Waals surface area contributed by atoms with Crippen LogP contribution in [0.2, 0.25) is 0 Å². The van der Waals surface area contributed by atoms with Crippen molar-refractivity contribution < 1.29 is 14.7 Å². The maximum atomic E-state index is 10.8. The highest BCUT2D eigenvalue weighted by Gasteiger charge is 2.03. The molecule has 0 rings (SSSR count). The molecule has 0 fully saturated rings. The lowest BCUT2D eigenvalue weighted by Gasteiger charge is -1.89. The van der Waals surface area contributed by atoms with Gasteiger partial charge in [0.2, 0.25) is 5.78 Å². The average Bonchev–Trinajstić information content (AvgIpc) is 2.03. The molecule has 0 amide bonds. The first-order chi connectivity index (χ1) is 5.61. The van der Waals surface area contributed by atoms with Gasteiger partial charge in [-0.05, 0) is 19.1 Å². The van der Waals surface area contributed by atoms with E-state index in [1.54, 1.807) is 6.92 Å². The molecule has 0 bridgehead atoms. The molecule has 0 spiro atoms. The second-order valence-corrected chi connectivity index (χ2v) is 2.00. The Labute approximate surface area is 70.7 Å². The smallest absolute Gasteiger partial charge is 0.219 e. The lowest BCUT2D eigenvalue weighted by atomic mass is 10.2. The van der Waals surface area contributed by atoms with Gasteiger partial charge in [0.1, 0.15) is 0 Å². The summed E-state index contributed by atoms with van der Waals surface area (Å²) < 4.78 is 0. The minimum absolute atomic E-state index is 0.426. The van der Waals surface area contributed by atoms with E-state index in [2.05, 4.69) is 6.58 Å². The summed E-state index contributed by atoms with van der Waals surface area (Å²) in [5.41, 5.74) is 0. The van der Waals surface area contributed by atoms with Gasteiger partial charge >= 0.3 is 0 Å². The van der Waals surface area contributed by atoms with Crippen molar-refractivity contribution in [2.75, 3.05) is 0 Å². The van der Waals surface area contributed by atoms with Gasteiger partial charge in [0, 0.05) is 6.08 Å². The molecule has 0 aliphatic rings. The van der Waals surface area contributed by atoms with Crippen molar-refractivity contribution in [3.8, 4) is 0 Å². The van der Waals surface area contributed by atoms with Crippen LogP contribution in [0.3, 0.4) is 0 Å². The molecule has 0 saturated carbocycles. The first-order valence-electron chi connectivity index (χ1n) is 3.36. The molecule has 64 valence electrons. The maximum Gasteiger partial charge on any atom is 0.219 e. The Hall–Kier alpha value is -1.64. The summed E-state index contributed by atoms with van der Waals surface area (Å²) in [4.78, 5) is 21.4. The van der Waals surface area contributed by atoms with E-state index in [-0.39, 0.29) is 0 Å². The normalized spacial score (nSPS) is 11.6. The van der Waals surface area contributed by atoms with Crippen molar-refractivity contribution in [3.05, 3.63) is 36.6 Å². The van der Waals surface area contributed by atoms with E-state index in [1.165, 1.54) is 12.2 Å². The number of allylic oxidation sites excluding steroid dienone is 4. The van der Waals surface area contributed by atoms with Crippen LogP contribution in [0.4, 0.5) is 0 Å². The van der Waals surface area contributed by atoms with Crippen molar-refractivity contribution >= 4 is 11.6 Å². The predicted molar refractivity (Wildman–Crippen MR) is 45.7 cm³/mol. The topological polar surface area (TPSA) is 54.4 Å². The number of aliphatic hydroxyl groups excluding tert-OH is 1. The number of rotatable bonds is 4. The Morgan fingerprint density at radius 1 is 1.42 bits per heavy atom. The predicted octanol–water partition coefficient (Wildman–Crippen LogP) is 1.33. The molecule has 12 heavy (non-hydrogen) atoms. The molecule has 0 aromatic heterocycles. The van der Waals surface area contributed by atoms with Crippen molar-refractivity contribution in [1.29, 1.82) is 0 Å². The van der Waals surface area contributed by atoms with E-state index in [4.69, 9.17) is 5.11 Å². The monoisotopic (exact) mass is 166 g/mol. The molecule has 0 aliphatic heterocycles. The molecule has 0 saturated heterocycles. The molecule has 3 heteroatoms. The fourth-order valence-electron chi connectivity index (χ4n) is 0.523. The van der Waals surface area contributed by atoms with Gasteiger partial charge < -0.3 is 5.11 Å². The maximum absolute atomic E-state index is 10.8. The fourth-order valence-corrected chi connectivity index (χ4v) is 0.523. The SMILES string of the molecule is C=CC(=O)/C(O)=C\C(=O)/C=C\C. The van der Waals surface area contributed by atoms with Crippen LogP contribution in [0.15, 0.2) is 36.6 Å². The second kappa shape index (κ2) is 5.07. The number of hydrogen-bond donors (Lipinski definition) is 1. The van der Waals surface area contributed by atoms with Crippen LogP contribution in [0.1, 0.15) is 6.92 Å². The van der Waals surface area contributed by atoms with Gasteiger partial charge in [-0.3, -0.25) is 9.59 Å². The Kier molecular flexibility index (Phi) is 4.38. The van der Waals surface area contributed by atoms with Gasteiger partial charge in [-0.15, -0.1) is 0 Å². The van der Waals surface area contributed by atoms with Crippen molar-refractivity contribution in [2.24, 2.45) is 0 Å². The van der Waals surface area contributed by atoms with Crippen molar-refractivity contribution in [2.45, 2.75) is 6.92 Å². The highest BCUT2D eigenvalue weighted by molar-refractivity contribution is 6.09. The third-order valence-electron chi connectivity index (χ3n) is 1.05. The number of aliphatic hydroxyl groups is 1. The van der Waals surface area contributed by atoms with E-state index in [0.29, 0.717) is 0 Å². The second-order valence-electron chi connectivity index (χ2n) is 2.00. The summed E-state index contributed by atoms with van der Waals surface area (Å²) in [6.07, 6.45) is 4.55. The Balaban J connectivity index is 4.45. The van der Waals surface area contributed by atoms with Crippen LogP contribution in [-0.4, -0.2) is 16.7 Å². The third kappa shape index (κ3) is 3.51. The van der Waals surface area contributed by atoms with Crippen LogP contribution in [-0.2, 0) is 9.59 Å². The molecule has 0 aromatic rings. The van der Waals surface area contributed by atoms with E-state index < -0.39 is 17.3 Å². The van der Waals surface area contributed by atoms with Gasteiger partial charge in [0.15, 0.2) is 11.5 Å². The lowest BCUT2D eigenvalue weighted by Crippen LogP contribution is -1.99. The average molecular weight is 166 g/mol. The Bertz CT molecular complexity index is 259. The number of carbonyl (C=O) groups excluding carboxylic acids is 2. The molecule has 0 heterocycles. The van der Waals surface area contributed by atoms with E-state index in [0.717, 1.165) is 12.2 Å². The molecule has 1 N–H and O–H groups in total. The molecule has 0 atom stereocenters. The fraction of sp³-hybridized carbons (Fsp3) is 0.111. The van der Waals surface area contributed by atoms with Gasteiger partial charge in [-0.2, -0.15) is 0 Å². The summed E-state index contributed by atoms with van der Waals surface area (Å²) >= 11 is 0. The van der Waals surface area contributed by atoms with Gasteiger partial charge in [0.25, 0.3) is 0 Å². The Morgan fingerprint density at radius 2 is 2.00 bits per heavy atom. The molecular formula is C9H10O3. The molecule has 3 nitrogen and oxygen atoms in total. The zero-order valence-corrected chi connectivity index (χ0v) is 6.78. The van der Waals surface area contributed by atoms with Crippen LogP contribution in [0.5, 0.6) is 0 Å². The third-order valence-corrected chi connectivity index (χ3v) is 1.05. The van der Waals surface area contributed by atoms with Crippen LogP contribution < -0.4 is 0 Å². The molecular weight excluding hydrogens is 156 g/mol. The van der Waals surface area contributed by atoms with Gasteiger partial charge in [-0.25, -0.2) is 0 Å². The first-order valence-corrected chi connectivity index (χ1v) is 3.36. The minimum Gasteiger partial charge on any atom is -0.504 e. The van der Waals surface area contributed by atoms with E-state index in [1.807, 2.05) is 0 Å². The highest BCUT2D eigenvalue weighted by Crippen LogP contribution is 1.93. The summed E-state index contributed by atoms with van der Waals surface area (Å²) in [5, 5.41) is 8.90. The van der Waals surface area contributed by atoms with Crippen molar-refractivity contribution in [3.63, 3.8) is 0 Å². The van der Waals surface area contributed by atoms with Crippen LogP contribution in [0.25, 0.3) is 0 Å². The van der Waals surface area contributed by atoms with Crippen molar-refractivity contribution in [1.82, 2.24) is 0 Å². The summed E-state index contributed by atoms with van der Waals surface area (Å²) in [5.74, 6) is -1.67. The lowest BCUT2D eigenvalue weighted by molar-refractivity contribution is -0.115. The molecule has 0 aliphatic carbocycles. The largest absolute Gasteiger partial charge is 0.504 e.